The minimum atomic E-state index is -0.474. The number of nitrogens with zero attached hydrogens (tertiary/aromatic N) is 1. The maximum atomic E-state index is 11.3. The molecule has 1 amide bonds. The molecule has 0 unspecified atom stereocenters. The van der Waals surface area contributed by atoms with E-state index in [9.17, 15) is 4.79 Å². The standard InChI is InChI=1S/C12H12N4O2/c13-8-1-3-9(4-2-8)18-10-5-6-15-11(7-10)12(17)16-14/h1-7H,13-14H2,(H,16,17). The van der Waals surface area contributed by atoms with Crippen LogP contribution >= 0.6 is 0 Å². The number of aromatic nitrogens is 1. The second-order valence-electron chi connectivity index (χ2n) is 3.52. The van der Waals surface area contributed by atoms with E-state index in [0.717, 1.165) is 0 Å². The molecule has 0 aliphatic carbocycles. The molecule has 0 bridgehead atoms. The molecule has 0 aliphatic rings. The number of hydrogen-bond acceptors (Lipinski definition) is 5. The Bertz CT molecular complexity index is 554. The van der Waals surface area contributed by atoms with Gasteiger partial charge in [0, 0.05) is 18.0 Å². The monoisotopic (exact) mass is 244 g/mol. The Balaban J connectivity index is 2.19. The molecular weight excluding hydrogens is 232 g/mol. The second kappa shape index (κ2) is 5.15. The van der Waals surface area contributed by atoms with Gasteiger partial charge in [0.25, 0.3) is 5.91 Å². The van der Waals surface area contributed by atoms with Gasteiger partial charge in [-0.1, -0.05) is 0 Å². The van der Waals surface area contributed by atoms with Crippen LogP contribution in [0.4, 0.5) is 5.69 Å². The van der Waals surface area contributed by atoms with Crippen molar-refractivity contribution in [1.29, 1.82) is 0 Å². The quantitative estimate of drug-likeness (QED) is 0.324. The Labute approximate surface area is 104 Å². The number of carbonyl (C=O) groups excluding carboxylic acids is 1. The van der Waals surface area contributed by atoms with Crippen LogP contribution in [0.2, 0.25) is 0 Å². The fourth-order valence-electron chi connectivity index (χ4n) is 1.34. The van der Waals surface area contributed by atoms with Gasteiger partial charge in [0.15, 0.2) is 0 Å². The fraction of sp³-hybridized carbons (Fsp3) is 0. The molecular formula is C12H12N4O2. The smallest absolute Gasteiger partial charge is 0.283 e. The lowest BCUT2D eigenvalue weighted by molar-refractivity contribution is 0.0948. The number of rotatable bonds is 3. The third kappa shape index (κ3) is 2.74. The summed E-state index contributed by atoms with van der Waals surface area (Å²) in [7, 11) is 0. The summed E-state index contributed by atoms with van der Waals surface area (Å²) in [6.07, 6.45) is 1.47. The number of nitrogen functional groups attached to an aromatic ring is 2. The van der Waals surface area contributed by atoms with Crippen LogP contribution in [0.3, 0.4) is 0 Å². The predicted molar refractivity (Wildman–Crippen MR) is 66.8 cm³/mol. The molecule has 0 fully saturated rings. The van der Waals surface area contributed by atoms with Gasteiger partial charge < -0.3 is 10.5 Å². The largest absolute Gasteiger partial charge is 0.457 e. The molecule has 0 spiro atoms. The van der Waals surface area contributed by atoms with Gasteiger partial charge >= 0.3 is 0 Å². The van der Waals surface area contributed by atoms with Gasteiger partial charge in [-0.2, -0.15) is 0 Å². The van der Waals surface area contributed by atoms with Gasteiger partial charge in [-0.15, -0.1) is 0 Å². The molecule has 6 heteroatoms. The molecule has 6 nitrogen and oxygen atoms in total. The average molecular weight is 244 g/mol. The number of ether oxygens (including phenoxy) is 1. The molecule has 1 aromatic heterocycles. The number of nitrogens with one attached hydrogen (secondary N) is 1. The maximum Gasteiger partial charge on any atom is 0.283 e. The number of carbonyl (C=O) groups is 1. The highest BCUT2D eigenvalue weighted by molar-refractivity contribution is 5.92. The molecule has 5 N–H and O–H groups in total. The highest BCUT2D eigenvalue weighted by Crippen LogP contribution is 2.22. The molecule has 0 saturated carbocycles. The second-order valence-corrected chi connectivity index (χ2v) is 3.52. The van der Waals surface area contributed by atoms with Crippen LogP contribution in [-0.4, -0.2) is 10.9 Å². The van der Waals surface area contributed by atoms with Crippen molar-refractivity contribution >= 4 is 11.6 Å². The number of hydrazine groups is 1. The summed E-state index contributed by atoms with van der Waals surface area (Å²) in [5.74, 6) is 5.67. The van der Waals surface area contributed by atoms with Crippen LogP contribution in [0.1, 0.15) is 10.5 Å². The summed E-state index contributed by atoms with van der Waals surface area (Å²) in [5.41, 5.74) is 8.41. The first-order valence-corrected chi connectivity index (χ1v) is 5.19. The number of pyridine rings is 1. The zero-order valence-electron chi connectivity index (χ0n) is 9.46. The van der Waals surface area contributed by atoms with E-state index < -0.39 is 5.91 Å². The van der Waals surface area contributed by atoms with Gasteiger partial charge in [0.05, 0.1) is 0 Å². The third-order valence-corrected chi connectivity index (χ3v) is 2.21. The van der Waals surface area contributed by atoms with E-state index >= 15 is 0 Å². The van der Waals surface area contributed by atoms with E-state index in [1.165, 1.54) is 12.3 Å². The van der Waals surface area contributed by atoms with Crippen LogP contribution in [-0.2, 0) is 0 Å². The first-order chi connectivity index (χ1) is 8.69. The van der Waals surface area contributed by atoms with Gasteiger partial charge in [-0.25, -0.2) is 5.84 Å². The Morgan fingerprint density at radius 3 is 2.56 bits per heavy atom. The summed E-state index contributed by atoms with van der Waals surface area (Å²) in [6, 6.07) is 10.1. The topological polar surface area (TPSA) is 103 Å². The molecule has 18 heavy (non-hydrogen) atoms. The zero-order chi connectivity index (χ0) is 13.0. The lowest BCUT2D eigenvalue weighted by Crippen LogP contribution is -2.30. The van der Waals surface area contributed by atoms with E-state index in [2.05, 4.69) is 4.98 Å². The normalized spacial score (nSPS) is 9.83. The van der Waals surface area contributed by atoms with E-state index in [0.29, 0.717) is 17.2 Å². The lowest BCUT2D eigenvalue weighted by Gasteiger charge is -2.06. The first kappa shape index (κ1) is 11.9. The van der Waals surface area contributed by atoms with Crippen molar-refractivity contribution in [3.8, 4) is 11.5 Å². The Kier molecular flexibility index (Phi) is 3.40. The van der Waals surface area contributed by atoms with Crippen molar-refractivity contribution in [1.82, 2.24) is 10.4 Å². The van der Waals surface area contributed by atoms with Crippen LogP contribution in [0.25, 0.3) is 0 Å². The first-order valence-electron chi connectivity index (χ1n) is 5.19. The van der Waals surface area contributed by atoms with E-state index in [1.54, 1.807) is 30.3 Å². The molecule has 0 radical (unpaired) electrons. The molecule has 0 atom stereocenters. The number of benzene rings is 1. The van der Waals surface area contributed by atoms with Crippen molar-refractivity contribution in [2.45, 2.75) is 0 Å². The molecule has 1 aromatic carbocycles. The molecule has 2 rings (SSSR count). The van der Waals surface area contributed by atoms with E-state index in [-0.39, 0.29) is 5.69 Å². The Morgan fingerprint density at radius 1 is 1.17 bits per heavy atom. The number of amides is 1. The molecule has 2 aromatic rings. The maximum absolute atomic E-state index is 11.3. The van der Waals surface area contributed by atoms with Crippen molar-refractivity contribution in [2.75, 3.05) is 5.73 Å². The van der Waals surface area contributed by atoms with Crippen LogP contribution < -0.4 is 21.7 Å². The fourth-order valence-corrected chi connectivity index (χ4v) is 1.34. The van der Waals surface area contributed by atoms with Crippen LogP contribution in [0.15, 0.2) is 42.6 Å². The van der Waals surface area contributed by atoms with Gasteiger partial charge in [-0.3, -0.25) is 15.2 Å². The molecule has 92 valence electrons. The number of anilines is 1. The van der Waals surface area contributed by atoms with E-state index in [4.69, 9.17) is 16.3 Å². The number of hydrogen-bond donors (Lipinski definition) is 3. The Hall–Kier alpha value is -2.60. The van der Waals surface area contributed by atoms with E-state index in [1.807, 2.05) is 5.43 Å². The van der Waals surface area contributed by atoms with Crippen molar-refractivity contribution in [3.05, 3.63) is 48.3 Å². The van der Waals surface area contributed by atoms with Crippen molar-refractivity contribution < 1.29 is 9.53 Å². The van der Waals surface area contributed by atoms with Gasteiger partial charge in [0.2, 0.25) is 0 Å². The van der Waals surface area contributed by atoms with Gasteiger partial charge in [-0.05, 0) is 30.3 Å². The highest BCUT2D eigenvalue weighted by Gasteiger charge is 2.06. The summed E-state index contributed by atoms with van der Waals surface area (Å²) in [5, 5.41) is 0. The van der Waals surface area contributed by atoms with Crippen LogP contribution in [0, 0.1) is 0 Å². The third-order valence-electron chi connectivity index (χ3n) is 2.21. The summed E-state index contributed by atoms with van der Waals surface area (Å²) < 4.78 is 5.55. The number of nitrogens with two attached hydrogens (primary N) is 2. The summed E-state index contributed by atoms with van der Waals surface area (Å²) in [4.78, 5) is 15.2. The minimum absolute atomic E-state index is 0.186. The Morgan fingerprint density at radius 2 is 1.89 bits per heavy atom. The molecule has 1 heterocycles. The van der Waals surface area contributed by atoms with Crippen molar-refractivity contribution in [3.63, 3.8) is 0 Å². The van der Waals surface area contributed by atoms with Crippen LogP contribution in [0.5, 0.6) is 11.5 Å². The highest BCUT2D eigenvalue weighted by atomic mass is 16.5. The van der Waals surface area contributed by atoms with Gasteiger partial charge in [0.1, 0.15) is 17.2 Å². The molecule has 0 saturated heterocycles. The average Bonchev–Trinajstić information content (AvgIpc) is 2.41. The lowest BCUT2D eigenvalue weighted by atomic mass is 10.3. The summed E-state index contributed by atoms with van der Waals surface area (Å²) >= 11 is 0. The molecule has 0 aliphatic heterocycles. The minimum Gasteiger partial charge on any atom is -0.457 e. The SMILES string of the molecule is NNC(=O)c1cc(Oc2ccc(N)cc2)ccn1. The predicted octanol–water partition coefficient (Wildman–Crippen LogP) is 1.06. The summed E-state index contributed by atoms with van der Waals surface area (Å²) in [6.45, 7) is 0. The zero-order valence-corrected chi connectivity index (χ0v) is 9.46. The van der Waals surface area contributed by atoms with Crippen molar-refractivity contribution in [2.24, 2.45) is 5.84 Å².